The highest BCUT2D eigenvalue weighted by Gasteiger charge is 2.20. The van der Waals surface area contributed by atoms with Gasteiger partial charge in [-0.1, -0.05) is 0 Å². The van der Waals surface area contributed by atoms with E-state index in [1.807, 2.05) is 0 Å². The fourth-order valence-electron chi connectivity index (χ4n) is 0.743. The van der Waals surface area contributed by atoms with Gasteiger partial charge in [0.15, 0.2) is 11.6 Å². The number of ether oxygens (including phenoxy) is 1. The van der Waals surface area contributed by atoms with Crippen molar-refractivity contribution >= 4 is 0 Å². The van der Waals surface area contributed by atoms with Gasteiger partial charge in [0.25, 0.3) is 6.43 Å². The maximum absolute atomic E-state index is 12.6. The van der Waals surface area contributed by atoms with Gasteiger partial charge in [0.2, 0.25) is 5.88 Å². The number of nitrogens with zero attached hydrogens (tertiary/aromatic N) is 1. The highest BCUT2D eigenvalue weighted by molar-refractivity contribution is 5.20. The van der Waals surface area contributed by atoms with E-state index in [0.29, 0.717) is 6.07 Å². The van der Waals surface area contributed by atoms with Crippen molar-refractivity contribution in [3.63, 3.8) is 0 Å². The van der Waals surface area contributed by atoms with E-state index < -0.39 is 23.8 Å². The van der Waals surface area contributed by atoms with Crippen molar-refractivity contribution < 1.29 is 22.3 Å². The zero-order valence-electron chi connectivity index (χ0n) is 6.52. The molecule has 0 aliphatic rings. The maximum atomic E-state index is 12.6. The summed E-state index contributed by atoms with van der Waals surface area (Å²) in [4.78, 5) is 3.06. The van der Waals surface area contributed by atoms with Crippen molar-refractivity contribution in [1.82, 2.24) is 4.98 Å². The maximum Gasteiger partial charge on any atom is 0.283 e. The van der Waals surface area contributed by atoms with Gasteiger partial charge in [-0.25, -0.2) is 22.5 Å². The zero-order chi connectivity index (χ0) is 10.0. The normalized spacial score (nSPS) is 10.6. The molecule has 1 aromatic rings. The number of pyridine rings is 1. The molecule has 0 aliphatic carbocycles. The van der Waals surface area contributed by atoms with Gasteiger partial charge in [-0.3, -0.25) is 0 Å². The van der Waals surface area contributed by atoms with E-state index in [-0.39, 0.29) is 5.88 Å². The van der Waals surface area contributed by atoms with Gasteiger partial charge in [-0.15, -0.1) is 0 Å². The first-order valence-corrected chi connectivity index (χ1v) is 3.24. The van der Waals surface area contributed by atoms with Gasteiger partial charge >= 0.3 is 0 Å². The Balaban J connectivity index is 3.25. The lowest BCUT2D eigenvalue weighted by Gasteiger charge is -2.04. The van der Waals surface area contributed by atoms with Crippen LogP contribution in [0.2, 0.25) is 0 Å². The number of alkyl halides is 2. The predicted molar refractivity (Wildman–Crippen MR) is 35.7 cm³/mol. The molecule has 13 heavy (non-hydrogen) atoms. The summed E-state index contributed by atoms with van der Waals surface area (Å²) in [6.07, 6.45) is -3.16. The molecule has 1 rings (SSSR count). The van der Waals surface area contributed by atoms with Crippen LogP contribution in [0.5, 0.6) is 5.88 Å². The molecule has 0 radical (unpaired) electrons. The van der Waals surface area contributed by atoms with E-state index in [4.69, 9.17) is 0 Å². The molecule has 0 bridgehead atoms. The summed E-state index contributed by atoms with van der Waals surface area (Å²) in [6.45, 7) is 0. The fourth-order valence-corrected chi connectivity index (χ4v) is 0.743. The smallest absolute Gasteiger partial charge is 0.283 e. The van der Waals surface area contributed by atoms with Crippen LogP contribution in [0.1, 0.15) is 12.1 Å². The second kappa shape index (κ2) is 3.59. The first-order chi connectivity index (χ1) is 6.06. The summed E-state index contributed by atoms with van der Waals surface area (Å²) < 4.78 is 53.5. The van der Waals surface area contributed by atoms with Crippen LogP contribution in [-0.2, 0) is 0 Å². The highest BCUT2D eigenvalue weighted by atomic mass is 19.3. The molecule has 1 aromatic heterocycles. The second-order valence-electron chi connectivity index (χ2n) is 2.15. The average molecular weight is 195 g/mol. The SMILES string of the molecule is COc1cc(F)c(F)c(C(F)F)n1. The van der Waals surface area contributed by atoms with Crippen LogP contribution >= 0.6 is 0 Å². The first-order valence-electron chi connectivity index (χ1n) is 3.24. The van der Waals surface area contributed by atoms with Crippen LogP contribution < -0.4 is 4.74 Å². The van der Waals surface area contributed by atoms with Gasteiger partial charge in [0.05, 0.1) is 7.11 Å². The largest absolute Gasteiger partial charge is 0.481 e. The molecule has 0 spiro atoms. The number of rotatable bonds is 2. The first kappa shape index (κ1) is 9.76. The number of hydrogen-bond donors (Lipinski definition) is 0. The Morgan fingerprint density at radius 2 is 2.00 bits per heavy atom. The van der Waals surface area contributed by atoms with Gasteiger partial charge in [0.1, 0.15) is 5.69 Å². The highest BCUT2D eigenvalue weighted by Crippen LogP contribution is 2.24. The average Bonchev–Trinajstić information content (AvgIpc) is 2.09. The monoisotopic (exact) mass is 195 g/mol. The minimum absolute atomic E-state index is 0.380. The zero-order valence-corrected chi connectivity index (χ0v) is 6.52. The summed E-state index contributed by atoms with van der Waals surface area (Å²) in [5, 5.41) is 0. The Bertz CT molecular complexity index is 316. The summed E-state index contributed by atoms with van der Waals surface area (Å²) in [7, 11) is 1.12. The molecule has 0 amide bonds. The van der Waals surface area contributed by atoms with Crippen LogP contribution in [-0.4, -0.2) is 12.1 Å². The number of hydrogen-bond acceptors (Lipinski definition) is 2. The van der Waals surface area contributed by atoms with E-state index >= 15 is 0 Å². The minimum Gasteiger partial charge on any atom is -0.481 e. The molecule has 72 valence electrons. The van der Waals surface area contributed by atoms with Crippen LogP contribution in [0.25, 0.3) is 0 Å². The van der Waals surface area contributed by atoms with Crippen LogP contribution in [0.15, 0.2) is 6.07 Å². The summed E-state index contributed by atoms with van der Waals surface area (Å²) in [5.74, 6) is -3.42. The quantitative estimate of drug-likeness (QED) is 0.675. The Morgan fingerprint density at radius 1 is 1.38 bits per heavy atom. The van der Waals surface area contributed by atoms with Crippen molar-refractivity contribution in [1.29, 1.82) is 0 Å². The summed E-state index contributed by atoms with van der Waals surface area (Å²) in [6, 6.07) is 0.598. The van der Waals surface area contributed by atoms with E-state index in [0.717, 1.165) is 7.11 Å². The van der Waals surface area contributed by atoms with Crippen molar-refractivity contribution in [3.8, 4) is 5.88 Å². The van der Waals surface area contributed by atoms with Gasteiger partial charge in [-0.05, 0) is 0 Å². The van der Waals surface area contributed by atoms with Crippen LogP contribution in [0, 0.1) is 11.6 Å². The molecule has 0 fully saturated rings. The standard InChI is InChI=1S/C7H5F4NO/c1-13-4-2-3(8)5(9)6(12-4)7(10)11/h2,7H,1H3. The van der Waals surface area contributed by atoms with Gasteiger partial charge in [0, 0.05) is 6.07 Å². The third kappa shape index (κ3) is 1.88. The molecular formula is C7H5F4NO. The second-order valence-corrected chi connectivity index (χ2v) is 2.15. The Labute approximate surface area is 71.2 Å². The molecule has 1 heterocycles. The third-order valence-electron chi connectivity index (χ3n) is 1.33. The Morgan fingerprint density at radius 3 is 2.46 bits per heavy atom. The molecule has 6 heteroatoms. The Kier molecular flexibility index (Phi) is 2.69. The summed E-state index contributed by atoms with van der Waals surface area (Å²) >= 11 is 0. The van der Waals surface area contributed by atoms with E-state index in [9.17, 15) is 17.6 Å². The van der Waals surface area contributed by atoms with Gasteiger partial charge in [-0.2, -0.15) is 0 Å². The minimum atomic E-state index is -3.16. The number of halogens is 4. The van der Waals surface area contributed by atoms with Crippen LogP contribution in [0.3, 0.4) is 0 Å². The number of methoxy groups -OCH3 is 1. The third-order valence-corrected chi connectivity index (χ3v) is 1.33. The van der Waals surface area contributed by atoms with Crippen molar-refractivity contribution in [2.24, 2.45) is 0 Å². The lowest BCUT2D eigenvalue weighted by atomic mass is 10.3. The molecule has 2 nitrogen and oxygen atoms in total. The molecule has 0 saturated heterocycles. The van der Waals surface area contributed by atoms with E-state index in [1.54, 1.807) is 0 Å². The fraction of sp³-hybridized carbons (Fsp3) is 0.286. The van der Waals surface area contributed by atoms with Crippen molar-refractivity contribution in [2.75, 3.05) is 7.11 Å². The number of aromatic nitrogens is 1. The molecule has 0 saturated carbocycles. The molecule has 0 aliphatic heterocycles. The van der Waals surface area contributed by atoms with E-state index in [1.165, 1.54) is 0 Å². The molecule has 0 unspecified atom stereocenters. The van der Waals surface area contributed by atoms with Gasteiger partial charge < -0.3 is 4.74 Å². The lowest BCUT2D eigenvalue weighted by molar-refractivity contribution is 0.138. The topological polar surface area (TPSA) is 22.1 Å². The van der Waals surface area contributed by atoms with E-state index in [2.05, 4.69) is 9.72 Å². The predicted octanol–water partition coefficient (Wildman–Crippen LogP) is 2.31. The molecular weight excluding hydrogens is 190 g/mol. The molecule has 0 aromatic carbocycles. The molecule has 0 atom stereocenters. The van der Waals surface area contributed by atoms with Crippen LogP contribution in [0.4, 0.5) is 17.6 Å². The van der Waals surface area contributed by atoms with Crippen molar-refractivity contribution in [3.05, 3.63) is 23.4 Å². The van der Waals surface area contributed by atoms with Crippen molar-refractivity contribution in [2.45, 2.75) is 6.43 Å². The lowest BCUT2D eigenvalue weighted by Crippen LogP contribution is -2.01. The Hall–Kier alpha value is -1.33. The molecule has 0 N–H and O–H groups in total. The summed E-state index contributed by atoms with van der Waals surface area (Å²) in [5.41, 5.74) is -1.24.